The highest BCUT2D eigenvalue weighted by atomic mass is 35.5. The van der Waals surface area contributed by atoms with E-state index >= 15 is 0 Å². The van der Waals surface area contributed by atoms with Crippen LogP contribution in [0.15, 0.2) is 30.9 Å². The van der Waals surface area contributed by atoms with Crippen LogP contribution in [0.2, 0.25) is 5.02 Å². The van der Waals surface area contributed by atoms with E-state index in [-0.39, 0.29) is 16.3 Å². The van der Waals surface area contributed by atoms with E-state index < -0.39 is 0 Å². The molecule has 1 aromatic carbocycles. The summed E-state index contributed by atoms with van der Waals surface area (Å²) in [5.41, 5.74) is 1.43. The van der Waals surface area contributed by atoms with Gasteiger partial charge in [-0.15, -0.1) is 0 Å². The maximum absolute atomic E-state index is 12.1. The van der Waals surface area contributed by atoms with Crippen LogP contribution in [0.25, 0.3) is 5.69 Å². The maximum atomic E-state index is 12.1. The van der Waals surface area contributed by atoms with Crippen molar-refractivity contribution in [1.82, 2.24) is 14.8 Å². The Morgan fingerprint density at radius 2 is 2.27 bits per heavy atom. The molecule has 1 amide bonds. The number of rotatable bonds is 3. The molecule has 114 valence electrons. The van der Waals surface area contributed by atoms with Crippen LogP contribution >= 0.6 is 23.4 Å². The lowest BCUT2D eigenvalue weighted by Crippen LogP contribution is -2.25. The highest BCUT2D eigenvalue weighted by Crippen LogP contribution is 2.31. The molecule has 0 bridgehead atoms. The second kappa shape index (κ2) is 6.10. The van der Waals surface area contributed by atoms with Crippen molar-refractivity contribution in [3.05, 3.63) is 35.9 Å². The Morgan fingerprint density at radius 1 is 1.45 bits per heavy atom. The van der Waals surface area contributed by atoms with Crippen LogP contribution in [0.3, 0.4) is 0 Å². The van der Waals surface area contributed by atoms with Gasteiger partial charge in [0.25, 0.3) is 0 Å². The van der Waals surface area contributed by atoms with Crippen molar-refractivity contribution in [2.24, 2.45) is 0 Å². The third kappa shape index (κ3) is 3.00. The van der Waals surface area contributed by atoms with Crippen LogP contribution in [-0.2, 0) is 9.59 Å². The molecule has 1 aliphatic rings. The number of aromatic nitrogens is 3. The molecule has 2 heterocycles. The molecule has 0 aliphatic carbocycles. The van der Waals surface area contributed by atoms with Crippen molar-refractivity contribution in [3.63, 3.8) is 0 Å². The Hall–Kier alpha value is -1.86. The summed E-state index contributed by atoms with van der Waals surface area (Å²) in [7, 11) is 0. The number of hydrogen-bond donors (Lipinski definition) is 0. The first-order chi connectivity index (χ1) is 10.5. The highest BCUT2D eigenvalue weighted by Gasteiger charge is 2.32. The van der Waals surface area contributed by atoms with Gasteiger partial charge in [-0.3, -0.25) is 9.59 Å². The highest BCUT2D eigenvalue weighted by molar-refractivity contribution is 8.14. The van der Waals surface area contributed by atoms with Crippen molar-refractivity contribution in [1.29, 1.82) is 0 Å². The number of hydrogen-bond acceptors (Lipinski definition) is 5. The molecule has 1 fully saturated rings. The van der Waals surface area contributed by atoms with Gasteiger partial charge < -0.3 is 4.90 Å². The first kappa shape index (κ1) is 15.1. The standard InChI is InChI=1S/C14H13ClN4O2S/c1-9(20)22-11-5-14(21)18(6-11)10-2-3-13(12(15)4-10)19-8-16-7-17-19/h2-4,7-8,11H,5-6H2,1H3. The summed E-state index contributed by atoms with van der Waals surface area (Å²) in [6, 6.07) is 5.35. The Morgan fingerprint density at radius 3 is 2.91 bits per heavy atom. The monoisotopic (exact) mass is 336 g/mol. The minimum Gasteiger partial charge on any atom is -0.311 e. The number of amides is 1. The molecule has 0 N–H and O–H groups in total. The molecule has 1 saturated heterocycles. The Bertz CT molecular complexity index is 720. The molecule has 1 unspecified atom stereocenters. The van der Waals surface area contributed by atoms with Crippen molar-refractivity contribution in [2.45, 2.75) is 18.6 Å². The van der Waals surface area contributed by atoms with Crippen LogP contribution in [0.1, 0.15) is 13.3 Å². The van der Waals surface area contributed by atoms with Crippen LogP contribution in [0, 0.1) is 0 Å². The van der Waals surface area contributed by atoms with Crippen LogP contribution in [-0.4, -0.2) is 37.6 Å². The molecule has 1 aliphatic heterocycles. The fourth-order valence-corrected chi connectivity index (χ4v) is 3.60. The molecular formula is C14H13ClN4O2S. The number of halogens is 1. The zero-order chi connectivity index (χ0) is 15.7. The molecule has 2 aromatic rings. The molecule has 3 rings (SSSR count). The molecule has 1 aromatic heterocycles. The van der Waals surface area contributed by atoms with Gasteiger partial charge in [-0.1, -0.05) is 23.4 Å². The summed E-state index contributed by atoms with van der Waals surface area (Å²) in [6.45, 7) is 2.03. The van der Waals surface area contributed by atoms with Crippen LogP contribution in [0.4, 0.5) is 5.69 Å². The van der Waals surface area contributed by atoms with Gasteiger partial charge in [0.1, 0.15) is 12.7 Å². The van der Waals surface area contributed by atoms with Crippen LogP contribution < -0.4 is 4.90 Å². The average molecular weight is 337 g/mol. The fourth-order valence-electron chi connectivity index (χ4n) is 2.42. The Balaban J connectivity index is 1.82. The smallest absolute Gasteiger partial charge is 0.228 e. The van der Waals surface area contributed by atoms with E-state index in [4.69, 9.17) is 11.6 Å². The Labute approximate surface area is 136 Å². The van der Waals surface area contributed by atoms with Gasteiger partial charge in [0.05, 0.1) is 10.7 Å². The van der Waals surface area contributed by atoms with E-state index in [0.717, 1.165) is 5.69 Å². The first-order valence-corrected chi connectivity index (χ1v) is 7.92. The third-order valence-electron chi connectivity index (χ3n) is 3.33. The normalized spacial score (nSPS) is 18.0. The summed E-state index contributed by atoms with van der Waals surface area (Å²) >= 11 is 7.49. The van der Waals surface area contributed by atoms with Gasteiger partial charge in [0.15, 0.2) is 5.12 Å². The predicted molar refractivity (Wildman–Crippen MR) is 85.4 cm³/mol. The largest absolute Gasteiger partial charge is 0.311 e. The second-order valence-corrected chi connectivity index (χ2v) is 6.80. The van der Waals surface area contributed by atoms with E-state index in [1.807, 2.05) is 6.07 Å². The SMILES string of the molecule is CC(=O)SC1CC(=O)N(c2ccc(-n3cncn3)c(Cl)c2)C1. The molecule has 6 nitrogen and oxygen atoms in total. The third-order valence-corrected chi connectivity index (χ3v) is 4.61. The molecular weight excluding hydrogens is 324 g/mol. The van der Waals surface area contributed by atoms with Gasteiger partial charge in [-0.05, 0) is 18.2 Å². The van der Waals surface area contributed by atoms with E-state index in [1.54, 1.807) is 28.0 Å². The van der Waals surface area contributed by atoms with Gasteiger partial charge in [-0.2, -0.15) is 5.10 Å². The molecule has 0 saturated carbocycles. The fraction of sp³-hybridized carbons (Fsp3) is 0.286. The lowest BCUT2D eigenvalue weighted by Gasteiger charge is -2.17. The number of thioether (sulfide) groups is 1. The number of carbonyl (C=O) groups excluding carboxylic acids is 2. The zero-order valence-electron chi connectivity index (χ0n) is 11.8. The quantitative estimate of drug-likeness (QED) is 0.860. The van der Waals surface area contributed by atoms with Crippen molar-refractivity contribution < 1.29 is 9.59 Å². The number of benzene rings is 1. The Kier molecular flexibility index (Phi) is 4.17. The van der Waals surface area contributed by atoms with Gasteiger partial charge in [-0.25, -0.2) is 9.67 Å². The minimum atomic E-state index is -0.00114. The molecule has 0 spiro atoms. The average Bonchev–Trinajstić information content (AvgIpc) is 3.08. The minimum absolute atomic E-state index is 0.00114. The van der Waals surface area contributed by atoms with Crippen molar-refractivity contribution in [3.8, 4) is 5.69 Å². The van der Waals surface area contributed by atoms with Gasteiger partial charge in [0.2, 0.25) is 5.91 Å². The predicted octanol–water partition coefficient (Wildman–Crippen LogP) is 2.31. The van der Waals surface area contributed by atoms with Gasteiger partial charge in [0, 0.05) is 30.8 Å². The second-order valence-electron chi connectivity index (χ2n) is 4.92. The molecule has 0 radical (unpaired) electrons. The number of nitrogens with zero attached hydrogens (tertiary/aromatic N) is 4. The van der Waals surface area contributed by atoms with Crippen molar-refractivity contribution in [2.75, 3.05) is 11.4 Å². The topological polar surface area (TPSA) is 68.1 Å². The lowest BCUT2D eigenvalue weighted by atomic mass is 10.2. The van der Waals surface area contributed by atoms with Gasteiger partial charge >= 0.3 is 0 Å². The number of carbonyl (C=O) groups is 2. The lowest BCUT2D eigenvalue weighted by molar-refractivity contribution is -0.117. The summed E-state index contributed by atoms with van der Waals surface area (Å²) in [5.74, 6) is 0.00308. The summed E-state index contributed by atoms with van der Waals surface area (Å²) in [4.78, 5) is 28.8. The van der Waals surface area contributed by atoms with E-state index in [9.17, 15) is 9.59 Å². The van der Waals surface area contributed by atoms with Crippen LogP contribution in [0.5, 0.6) is 0 Å². The zero-order valence-corrected chi connectivity index (χ0v) is 13.3. The van der Waals surface area contributed by atoms with E-state index in [2.05, 4.69) is 10.1 Å². The van der Waals surface area contributed by atoms with E-state index in [1.165, 1.54) is 25.0 Å². The van der Waals surface area contributed by atoms with Crippen molar-refractivity contribution >= 4 is 40.1 Å². The molecule has 8 heteroatoms. The van der Waals surface area contributed by atoms with E-state index in [0.29, 0.717) is 23.7 Å². The summed E-state index contributed by atoms with van der Waals surface area (Å²) in [5, 5.41) is 4.54. The summed E-state index contributed by atoms with van der Waals surface area (Å²) in [6.07, 6.45) is 3.35. The molecule has 1 atom stereocenters. The summed E-state index contributed by atoms with van der Waals surface area (Å²) < 4.78 is 1.56. The molecule has 22 heavy (non-hydrogen) atoms. The first-order valence-electron chi connectivity index (χ1n) is 6.66. The number of anilines is 1. The maximum Gasteiger partial charge on any atom is 0.228 e.